The molecule has 0 radical (unpaired) electrons. The summed E-state index contributed by atoms with van der Waals surface area (Å²) in [5.41, 5.74) is 2.16. The van der Waals surface area contributed by atoms with Crippen molar-refractivity contribution in [2.24, 2.45) is 7.05 Å². The van der Waals surface area contributed by atoms with E-state index in [-0.39, 0.29) is 11.9 Å². The van der Waals surface area contributed by atoms with Crippen LogP contribution in [0.1, 0.15) is 16.1 Å². The fourth-order valence-electron chi connectivity index (χ4n) is 2.01. The molecule has 1 fully saturated rings. The number of aryl methyl sites for hydroxylation is 2. The van der Waals surface area contributed by atoms with Crippen LogP contribution in [-0.2, 0) is 11.8 Å². The van der Waals surface area contributed by atoms with Crippen LogP contribution in [0.3, 0.4) is 0 Å². The van der Waals surface area contributed by atoms with Crippen LogP contribution >= 0.6 is 0 Å². The summed E-state index contributed by atoms with van der Waals surface area (Å²) in [6.45, 7) is 3.05. The Morgan fingerprint density at radius 3 is 3.00 bits per heavy atom. The highest BCUT2D eigenvalue weighted by molar-refractivity contribution is 6.05. The van der Waals surface area contributed by atoms with Gasteiger partial charge in [-0.15, -0.1) is 0 Å². The summed E-state index contributed by atoms with van der Waals surface area (Å²) in [4.78, 5) is 16.6. The van der Waals surface area contributed by atoms with E-state index in [9.17, 15) is 4.79 Å². The van der Waals surface area contributed by atoms with Gasteiger partial charge in [0.15, 0.2) is 5.65 Å². The molecule has 0 unspecified atom stereocenters. The maximum Gasteiger partial charge on any atom is 0.252 e. The normalized spacial score (nSPS) is 15.7. The molecule has 1 saturated heterocycles. The van der Waals surface area contributed by atoms with Gasteiger partial charge in [0.2, 0.25) is 0 Å². The number of rotatable bonds is 2. The van der Waals surface area contributed by atoms with Gasteiger partial charge in [0.1, 0.15) is 0 Å². The zero-order valence-electron chi connectivity index (χ0n) is 10.3. The Hall–Kier alpha value is -1.95. The number of hydrogen-bond acceptors (Lipinski definition) is 4. The molecular formula is C12H14N4O2. The topological polar surface area (TPSA) is 69.0 Å². The first-order valence-electron chi connectivity index (χ1n) is 5.83. The second-order valence-electron chi connectivity index (χ2n) is 4.52. The van der Waals surface area contributed by atoms with Gasteiger partial charge in [-0.2, -0.15) is 5.10 Å². The van der Waals surface area contributed by atoms with Gasteiger partial charge in [0.25, 0.3) is 5.91 Å². The highest BCUT2D eigenvalue weighted by Crippen LogP contribution is 2.18. The molecule has 1 amide bonds. The van der Waals surface area contributed by atoms with Crippen LogP contribution < -0.4 is 5.32 Å². The highest BCUT2D eigenvalue weighted by atomic mass is 16.5. The number of aromatic nitrogens is 3. The Kier molecular flexibility index (Phi) is 2.52. The second-order valence-corrected chi connectivity index (χ2v) is 4.52. The van der Waals surface area contributed by atoms with Crippen molar-refractivity contribution in [3.63, 3.8) is 0 Å². The quantitative estimate of drug-likeness (QED) is 0.833. The van der Waals surface area contributed by atoms with Crippen molar-refractivity contribution < 1.29 is 9.53 Å². The lowest BCUT2D eigenvalue weighted by atomic mass is 10.1. The number of carbonyl (C=O) groups excluding carboxylic acids is 1. The Morgan fingerprint density at radius 1 is 1.56 bits per heavy atom. The van der Waals surface area contributed by atoms with Crippen molar-refractivity contribution >= 4 is 16.9 Å². The number of ether oxygens (including phenoxy) is 1. The van der Waals surface area contributed by atoms with Gasteiger partial charge in [0, 0.05) is 12.7 Å². The SMILES string of the molecule is Cc1cc(C(=O)NC2COC2)c2cnn(C)c2n1. The molecule has 2 aromatic rings. The summed E-state index contributed by atoms with van der Waals surface area (Å²) in [6.07, 6.45) is 1.67. The number of pyridine rings is 1. The lowest BCUT2D eigenvalue weighted by Gasteiger charge is -2.26. The molecule has 0 saturated carbocycles. The summed E-state index contributed by atoms with van der Waals surface area (Å²) in [6, 6.07) is 1.91. The van der Waals surface area contributed by atoms with Gasteiger partial charge in [-0.05, 0) is 13.0 Å². The van der Waals surface area contributed by atoms with Crippen LogP contribution in [0.25, 0.3) is 11.0 Å². The lowest BCUT2D eigenvalue weighted by Crippen LogP contribution is -2.48. The maximum absolute atomic E-state index is 12.2. The Morgan fingerprint density at radius 2 is 2.33 bits per heavy atom. The number of hydrogen-bond donors (Lipinski definition) is 1. The summed E-state index contributed by atoms with van der Waals surface area (Å²) in [5.74, 6) is -0.0909. The molecule has 0 bridgehead atoms. The first kappa shape index (κ1) is 11.2. The molecule has 18 heavy (non-hydrogen) atoms. The van der Waals surface area contributed by atoms with E-state index in [2.05, 4.69) is 15.4 Å². The van der Waals surface area contributed by atoms with E-state index in [4.69, 9.17) is 4.74 Å². The molecule has 2 aromatic heterocycles. The molecular weight excluding hydrogens is 232 g/mol. The van der Waals surface area contributed by atoms with Crippen molar-refractivity contribution in [3.8, 4) is 0 Å². The van der Waals surface area contributed by atoms with Crippen molar-refractivity contribution in [1.29, 1.82) is 0 Å². The molecule has 0 spiro atoms. The minimum atomic E-state index is -0.0909. The van der Waals surface area contributed by atoms with E-state index in [0.29, 0.717) is 18.8 Å². The third kappa shape index (κ3) is 1.74. The van der Waals surface area contributed by atoms with Gasteiger partial charge in [-0.25, -0.2) is 4.98 Å². The minimum absolute atomic E-state index is 0.0909. The van der Waals surface area contributed by atoms with Gasteiger partial charge >= 0.3 is 0 Å². The van der Waals surface area contributed by atoms with E-state index < -0.39 is 0 Å². The Bertz CT molecular complexity index is 616. The third-order valence-corrected chi connectivity index (χ3v) is 3.05. The summed E-state index contributed by atoms with van der Waals surface area (Å²) in [5, 5.41) is 7.85. The van der Waals surface area contributed by atoms with Crippen LogP contribution in [0.15, 0.2) is 12.3 Å². The predicted molar refractivity (Wildman–Crippen MR) is 65.3 cm³/mol. The smallest absolute Gasteiger partial charge is 0.252 e. The van der Waals surface area contributed by atoms with Crippen LogP contribution in [0.2, 0.25) is 0 Å². The van der Waals surface area contributed by atoms with E-state index in [1.807, 2.05) is 14.0 Å². The number of carbonyl (C=O) groups is 1. The standard InChI is InChI=1S/C12H14N4O2/c1-7-3-9(12(17)15-8-5-18-6-8)10-4-13-16(2)11(10)14-7/h3-4,8H,5-6H2,1-2H3,(H,15,17). The largest absolute Gasteiger partial charge is 0.377 e. The van der Waals surface area contributed by atoms with E-state index in [1.165, 1.54) is 0 Å². The highest BCUT2D eigenvalue weighted by Gasteiger charge is 2.22. The number of amides is 1. The predicted octanol–water partition coefficient (Wildman–Crippen LogP) is 0.405. The molecule has 6 heteroatoms. The fourth-order valence-corrected chi connectivity index (χ4v) is 2.01. The zero-order chi connectivity index (χ0) is 12.7. The van der Waals surface area contributed by atoms with Crippen molar-refractivity contribution in [1.82, 2.24) is 20.1 Å². The van der Waals surface area contributed by atoms with Gasteiger partial charge < -0.3 is 10.1 Å². The summed E-state index contributed by atoms with van der Waals surface area (Å²) < 4.78 is 6.72. The minimum Gasteiger partial charge on any atom is -0.377 e. The van der Waals surface area contributed by atoms with Crippen LogP contribution in [0, 0.1) is 6.92 Å². The van der Waals surface area contributed by atoms with Crippen LogP contribution in [0.4, 0.5) is 0 Å². The molecule has 1 N–H and O–H groups in total. The zero-order valence-corrected chi connectivity index (χ0v) is 10.3. The molecule has 0 aliphatic carbocycles. The molecule has 1 aliphatic rings. The summed E-state index contributed by atoms with van der Waals surface area (Å²) in [7, 11) is 1.82. The van der Waals surface area contributed by atoms with Gasteiger partial charge in [-0.3, -0.25) is 9.48 Å². The Labute approximate surface area is 104 Å². The lowest BCUT2D eigenvalue weighted by molar-refractivity contribution is -0.00343. The maximum atomic E-state index is 12.2. The molecule has 0 atom stereocenters. The average Bonchev–Trinajstić information content (AvgIpc) is 2.65. The first-order chi connectivity index (χ1) is 8.65. The summed E-state index contributed by atoms with van der Waals surface area (Å²) >= 11 is 0. The molecule has 1 aliphatic heterocycles. The molecule has 0 aromatic carbocycles. The Balaban J connectivity index is 2.01. The number of fused-ring (bicyclic) bond motifs is 1. The van der Waals surface area contributed by atoms with Crippen molar-refractivity contribution in [3.05, 3.63) is 23.5 Å². The van der Waals surface area contributed by atoms with Crippen molar-refractivity contribution in [2.75, 3.05) is 13.2 Å². The van der Waals surface area contributed by atoms with Gasteiger partial charge in [0.05, 0.1) is 36.4 Å². The second kappa shape index (κ2) is 4.06. The monoisotopic (exact) mass is 246 g/mol. The third-order valence-electron chi connectivity index (χ3n) is 3.05. The molecule has 6 nitrogen and oxygen atoms in total. The van der Waals surface area contributed by atoms with Crippen LogP contribution in [0.5, 0.6) is 0 Å². The van der Waals surface area contributed by atoms with Gasteiger partial charge in [-0.1, -0.05) is 0 Å². The molecule has 3 rings (SSSR count). The average molecular weight is 246 g/mol. The number of nitrogens with zero attached hydrogens (tertiary/aromatic N) is 3. The molecule has 3 heterocycles. The first-order valence-corrected chi connectivity index (χ1v) is 5.83. The number of nitrogens with one attached hydrogen (secondary N) is 1. The van der Waals surface area contributed by atoms with E-state index >= 15 is 0 Å². The van der Waals surface area contributed by atoms with E-state index in [0.717, 1.165) is 16.7 Å². The van der Waals surface area contributed by atoms with Crippen molar-refractivity contribution in [2.45, 2.75) is 13.0 Å². The van der Waals surface area contributed by atoms with Crippen LogP contribution in [-0.4, -0.2) is 39.9 Å². The fraction of sp³-hybridized carbons (Fsp3) is 0.417. The van der Waals surface area contributed by atoms with E-state index in [1.54, 1.807) is 16.9 Å². The molecule has 94 valence electrons.